The van der Waals surface area contributed by atoms with Gasteiger partial charge in [0.25, 0.3) is 0 Å². The molecule has 5 nitrogen and oxygen atoms in total. The van der Waals surface area contributed by atoms with E-state index in [1.807, 2.05) is 19.1 Å². The van der Waals surface area contributed by atoms with E-state index >= 15 is 0 Å². The van der Waals surface area contributed by atoms with Crippen LogP contribution in [0.1, 0.15) is 42.1 Å². The summed E-state index contributed by atoms with van der Waals surface area (Å²) in [6.45, 7) is 3.68. The number of carbonyl (C=O) groups is 3. The maximum atomic E-state index is 13.1. The van der Waals surface area contributed by atoms with Crippen LogP contribution in [-0.4, -0.2) is 23.7 Å². The number of aryl methyl sites for hydroxylation is 1. The summed E-state index contributed by atoms with van der Waals surface area (Å²) in [6.07, 6.45) is 2.45. The smallest absolute Gasteiger partial charge is 0.237 e. The summed E-state index contributed by atoms with van der Waals surface area (Å²) in [6, 6.07) is 14.3. The van der Waals surface area contributed by atoms with Crippen LogP contribution in [0.2, 0.25) is 0 Å². The van der Waals surface area contributed by atoms with Crippen LogP contribution in [0.3, 0.4) is 0 Å². The number of ether oxygens (including phenoxy) is 1. The first-order chi connectivity index (χ1) is 14.4. The summed E-state index contributed by atoms with van der Waals surface area (Å²) in [5.41, 5.74) is 2.22. The molecule has 2 aromatic rings. The monoisotopic (exact) mass is 403 g/mol. The highest BCUT2D eigenvalue weighted by atomic mass is 16.5. The molecule has 2 saturated carbocycles. The van der Waals surface area contributed by atoms with Crippen molar-refractivity contribution in [2.45, 2.75) is 39.2 Å². The Balaban J connectivity index is 1.35. The van der Waals surface area contributed by atoms with Crippen LogP contribution >= 0.6 is 0 Å². The van der Waals surface area contributed by atoms with E-state index in [-0.39, 0.29) is 29.4 Å². The van der Waals surface area contributed by atoms with Gasteiger partial charge in [0.05, 0.1) is 17.5 Å². The number of Topliss-reactive ketones (excluding diaryl/α,β-unsaturated/α-hetero) is 1. The normalized spacial score (nSPS) is 28.0. The SMILES string of the molecule is Cc1ccc(C(=O)C(C)Oc2cccc(N3C(=O)C4C5CCC(C5)C4C3=O)c2)cc1. The Bertz CT molecular complexity index is 1000. The van der Waals surface area contributed by atoms with Gasteiger partial charge in [-0.3, -0.25) is 14.4 Å². The molecule has 0 spiro atoms. The number of nitrogens with zero attached hydrogens (tertiary/aromatic N) is 1. The molecule has 5 rings (SSSR count). The van der Waals surface area contributed by atoms with Gasteiger partial charge in [-0.2, -0.15) is 0 Å². The third-order valence-electron chi connectivity index (χ3n) is 7.02. The largest absolute Gasteiger partial charge is 0.482 e. The van der Waals surface area contributed by atoms with Crippen LogP contribution in [0.15, 0.2) is 48.5 Å². The quantitative estimate of drug-likeness (QED) is 0.555. The van der Waals surface area contributed by atoms with Crippen LogP contribution in [0.5, 0.6) is 5.75 Å². The first kappa shape index (κ1) is 19.0. The van der Waals surface area contributed by atoms with Crippen molar-refractivity contribution in [2.75, 3.05) is 4.90 Å². The molecule has 5 unspecified atom stereocenters. The van der Waals surface area contributed by atoms with E-state index in [4.69, 9.17) is 4.74 Å². The fourth-order valence-electron chi connectivity index (χ4n) is 5.57. The number of amides is 2. The molecule has 3 aliphatic rings. The average molecular weight is 403 g/mol. The lowest BCUT2D eigenvalue weighted by Gasteiger charge is -2.19. The van der Waals surface area contributed by atoms with E-state index in [1.54, 1.807) is 43.3 Å². The van der Waals surface area contributed by atoms with Crippen LogP contribution in [-0.2, 0) is 9.59 Å². The van der Waals surface area contributed by atoms with E-state index in [9.17, 15) is 14.4 Å². The van der Waals surface area contributed by atoms with Gasteiger partial charge in [-0.05, 0) is 57.1 Å². The van der Waals surface area contributed by atoms with Crippen molar-refractivity contribution in [1.29, 1.82) is 0 Å². The van der Waals surface area contributed by atoms with Crippen molar-refractivity contribution in [3.63, 3.8) is 0 Å². The molecule has 0 N–H and O–H groups in total. The number of benzene rings is 2. The van der Waals surface area contributed by atoms with Crippen LogP contribution in [0.25, 0.3) is 0 Å². The number of hydrogen-bond acceptors (Lipinski definition) is 4. The average Bonchev–Trinajstić information content (AvgIpc) is 3.42. The van der Waals surface area contributed by atoms with Crippen molar-refractivity contribution in [3.05, 3.63) is 59.7 Å². The number of hydrogen-bond donors (Lipinski definition) is 0. The van der Waals surface area contributed by atoms with Crippen LogP contribution in [0, 0.1) is 30.6 Å². The molecule has 1 heterocycles. The zero-order valence-corrected chi connectivity index (χ0v) is 17.2. The molecule has 5 heteroatoms. The molecular formula is C25H25NO4. The Morgan fingerprint density at radius 2 is 1.63 bits per heavy atom. The number of ketones is 1. The highest BCUT2D eigenvalue weighted by Gasteiger charge is 2.61. The van der Waals surface area contributed by atoms with Crippen molar-refractivity contribution in [2.24, 2.45) is 23.7 Å². The summed E-state index contributed by atoms with van der Waals surface area (Å²) in [5.74, 6) is 0.629. The van der Waals surface area contributed by atoms with E-state index in [2.05, 4.69) is 0 Å². The molecule has 30 heavy (non-hydrogen) atoms. The van der Waals surface area contributed by atoms with Gasteiger partial charge in [0, 0.05) is 11.6 Å². The zero-order valence-electron chi connectivity index (χ0n) is 17.2. The molecule has 2 aromatic carbocycles. The summed E-state index contributed by atoms with van der Waals surface area (Å²) < 4.78 is 5.88. The predicted octanol–water partition coefficient (Wildman–Crippen LogP) is 4.18. The van der Waals surface area contributed by atoms with Crippen molar-refractivity contribution < 1.29 is 19.1 Å². The minimum Gasteiger partial charge on any atom is -0.482 e. The first-order valence-electron chi connectivity index (χ1n) is 10.7. The Morgan fingerprint density at radius 3 is 2.27 bits per heavy atom. The minimum atomic E-state index is -0.678. The second kappa shape index (κ2) is 7.08. The van der Waals surface area contributed by atoms with Gasteiger partial charge in [0.2, 0.25) is 17.6 Å². The second-order valence-corrected chi connectivity index (χ2v) is 8.88. The number of imide groups is 1. The lowest BCUT2D eigenvalue weighted by Crippen LogP contribution is -2.32. The predicted molar refractivity (Wildman–Crippen MR) is 112 cm³/mol. The maximum Gasteiger partial charge on any atom is 0.237 e. The van der Waals surface area contributed by atoms with Gasteiger partial charge < -0.3 is 4.74 Å². The molecule has 0 aromatic heterocycles. The van der Waals surface area contributed by atoms with E-state index in [0.717, 1.165) is 24.8 Å². The molecule has 1 saturated heterocycles. The summed E-state index contributed by atoms with van der Waals surface area (Å²) >= 11 is 0. The lowest BCUT2D eigenvalue weighted by molar-refractivity contribution is -0.123. The maximum absolute atomic E-state index is 13.1. The van der Waals surface area contributed by atoms with Gasteiger partial charge in [0.1, 0.15) is 5.75 Å². The summed E-state index contributed by atoms with van der Waals surface area (Å²) in [7, 11) is 0. The van der Waals surface area contributed by atoms with Crippen LogP contribution in [0.4, 0.5) is 5.69 Å². The Kier molecular flexibility index (Phi) is 4.49. The standard InChI is InChI=1S/C25H25NO4/c1-14-6-8-16(9-7-14)23(27)15(2)30-20-5-3-4-19(13-20)26-24(28)21-17-10-11-18(12-17)22(21)25(26)29/h3-9,13,15,17-18,21-22H,10-12H2,1-2H3. The third-order valence-corrected chi connectivity index (χ3v) is 7.02. The Labute approximate surface area is 176 Å². The van der Waals surface area contributed by atoms with E-state index in [1.165, 1.54) is 4.90 Å². The minimum absolute atomic E-state index is 0.0712. The number of fused-ring (bicyclic) bond motifs is 5. The van der Waals surface area contributed by atoms with E-state index in [0.29, 0.717) is 28.8 Å². The highest BCUT2D eigenvalue weighted by molar-refractivity contribution is 6.22. The number of rotatable bonds is 5. The molecular weight excluding hydrogens is 378 g/mol. The Morgan fingerprint density at radius 1 is 1.00 bits per heavy atom. The molecule has 3 fully saturated rings. The zero-order chi connectivity index (χ0) is 21.0. The summed E-state index contributed by atoms with van der Waals surface area (Å²) in [5, 5.41) is 0. The molecule has 1 aliphatic heterocycles. The van der Waals surface area contributed by atoms with Crippen molar-refractivity contribution in [3.8, 4) is 5.75 Å². The third kappa shape index (κ3) is 2.95. The Hall–Kier alpha value is -2.95. The molecule has 5 atom stereocenters. The van der Waals surface area contributed by atoms with Crippen molar-refractivity contribution in [1.82, 2.24) is 0 Å². The molecule has 2 aliphatic carbocycles. The van der Waals surface area contributed by atoms with E-state index < -0.39 is 6.10 Å². The second-order valence-electron chi connectivity index (χ2n) is 8.88. The number of carbonyl (C=O) groups excluding carboxylic acids is 3. The topological polar surface area (TPSA) is 63.7 Å². The van der Waals surface area contributed by atoms with Crippen molar-refractivity contribution >= 4 is 23.3 Å². The number of anilines is 1. The lowest BCUT2D eigenvalue weighted by atomic mass is 9.81. The summed E-state index contributed by atoms with van der Waals surface area (Å²) in [4.78, 5) is 40.1. The van der Waals surface area contributed by atoms with Gasteiger partial charge in [-0.15, -0.1) is 0 Å². The molecule has 154 valence electrons. The molecule has 0 radical (unpaired) electrons. The first-order valence-corrected chi connectivity index (χ1v) is 10.7. The van der Waals surface area contributed by atoms with Crippen LogP contribution < -0.4 is 9.64 Å². The fourth-order valence-corrected chi connectivity index (χ4v) is 5.57. The molecule has 2 amide bonds. The fraction of sp³-hybridized carbons (Fsp3) is 0.400. The van der Waals surface area contributed by atoms with Gasteiger partial charge in [-0.25, -0.2) is 4.90 Å². The van der Waals surface area contributed by atoms with Gasteiger partial charge in [0.15, 0.2) is 6.10 Å². The van der Waals surface area contributed by atoms with Gasteiger partial charge >= 0.3 is 0 Å². The molecule has 2 bridgehead atoms. The highest BCUT2D eigenvalue weighted by Crippen LogP contribution is 2.56. The van der Waals surface area contributed by atoms with Gasteiger partial charge in [-0.1, -0.05) is 35.9 Å².